The van der Waals surface area contributed by atoms with E-state index in [0.717, 1.165) is 11.6 Å². The first kappa shape index (κ1) is 18.9. The molecule has 4 rings (SSSR count). The molecule has 0 radical (unpaired) electrons. The van der Waals surface area contributed by atoms with Gasteiger partial charge in [-0.25, -0.2) is 0 Å². The molecule has 0 saturated heterocycles. The first-order valence-electron chi connectivity index (χ1n) is 9.31. The Morgan fingerprint density at radius 3 is 2.55 bits per heavy atom. The van der Waals surface area contributed by atoms with Crippen LogP contribution in [0.25, 0.3) is 28.0 Å². The van der Waals surface area contributed by atoms with E-state index in [1.54, 1.807) is 18.2 Å². The van der Waals surface area contributed by atoms with E-state index in [4.69, 9.17) is 9.15 Å². The summed E-state index contributed by atoms with van der Waals surface area (Å²) in [5.41, 5.74) is 0.971. The molecule has 2 aromatic carbocycles. The Balaban J connectivity index is 2.11. The number of benzene rings is 2. The monoisotopic (exact) mass is 394 g/mol. The highest BCUT2D eigenvalue weighted by atomic mass is 16.5. The van der Waals surface area contributed by atoms with Gasteiger partial charge in [0.1, 0.15) is 33.7 Å². The first-order valence-corrected chi connectivity index (χ1v) is 9.31. The number of ether oxygens (including phenoxy) is 1. The van der Waals surface area contributed by atoms with Gasteiger partial charge in [0.15, 0.2) is 11.5 Å². The molecule has 1 aliphatic heterocycles. The molecule has 0 unspecified atom stereocenters. The zero-order chi connectivity index (χ0) is 21.1. The standard InChI is InChI=1S/C23H22O6/c1-11(2)5-6-13-19(25)15(24)9-14-21(27)18-17(28-22(13)14)10-16-12(20(18)26)7-8-23(3,4)29-16/h5,7-10,24-26H,6H2,1-4H3. The van der Waals surface area contributed by atoms with Gasteiger partial charge in [-0.2, -0.15) is 0 Å². The molecular formula is C23H22O6. The van der Waals surface area contributed by atoms with Crippen LogP contribution in [0.2, 0.25) is 0 Å². The average Bonchev–Trinajstić information content (AvgIpc) is 2.62. The predicted octanol–water partition coefficient (Wildman–Crippen LogP) is 4.76. The van der Waals surface area contributed by atoms with Crippen molar-refractivity contribution in [2.24, 2.45) is 0 Å². The zero-order valence-electron chi connectivity index (χ0n) is 16.7. The van der Waals surface area contributed by atoms with E-state index in [1.165, 1.54) is 0 Å². The highest BCUT2D eigenvalue weighted by Gasteiger charge is 2.27. The summed E-state index contributed by atoms with van der Waals surface area (Å²) in [7, 11) is 0. The topological polar surface area (TPSA) is 100 Å². The minimum atomic E-state index is -0.567. The first-order chi connectivity index (χ1) is 13.6. The average molecular weight is 394 g/mol. The smallest absolute Gasteiger partial charge is 0.204 e. The van der Waals surface area contributed by atoms with Crippen LogP contribution < -0.4 is 10.2 Å². The fraction of sp³-hybridized carbons (Fsp3) is 0.261. The van der Waals surface area contributed by atoms with Gasteiger partial charge in [0.05, 0.1) is 10.9 Å². The van der Waals surface area contributed by atoms with Gasteiger partial charge in [0.2, 0.25) is 5.43 Å². The molecule has 0 saturated carbocycles. The van der Waals surface area contributed by atoms with Crippen molar-refractivity contribution in [1.29, 1.82) is 0 Å². The Labute approximate surface area is 167 Å². The molecule has 6 heteroatoms. The Morgan fingerprint density at radius 1 is 1.14 bits per heavy atom. The number of fused-ring (bicyclic) bond motifs is 3. The predicted molar refractivity (Wildman–Crippen MR) is 112 cm³/mol. The zero-order valence-corrected chi connectivity index (χ0v) is 16.7. The van der Waals surface area contributed by atoms with Crippen LogP contribution in [0.3, 0.4) is 0 Å². The lowest BCUT2D eigenvalue weighted by molar-refractivity contribution is 0.158. The quantitative estimate of drug-likeness (QED) is 0.329. The molecular weight excluding hydrogens is 372 g/mol. The summed E-state index contributed by atoms with van der Waals surface area (Å²) in [5.74, 6) is -0.583. The van der Waals surface area contributed by atoms with Crippen molar-refractivity contribution < 1.29 is 24.5 Å². The molecule has 0 fully saturated rings. The molecule has 150 valence electrons. The van der Waals surface area contributed by atoms with Crippen molar-refractivity contribution in [3.63, 3.8) is 0 Å². The summed E-state index contributed by atoms with van der Waals surface area (Å²) in [6.45, 7) is 7.57. The van der Waals surface area contributed by atoms with Gasteiger partial charge in [-0.1, -0.05) is 11.6 Å². The van der Waals surface area contributed by atoms with Gasteiger partial charge in [-0.15, -0.1) is 0 Å². The Kier molecular flexibility index (Phi) is 4.12. The molecule has 2 heterocycles. The second-order valence-corrected chi connectivity index (χ2v) is 8.07. The van der Waals surface area contributed by atoms with Crippen LogP contribution in [0.1, 0.15) is 38.8 Å². The summed E-state index contributed by atoms with van der Waals surface area (Å²) in [6.07, 6.45) is 5.65. The van der Waals surface area contributed by atoms with Gasteiger partial charge in [-0.05, 0) is 52.3 Å². The fourth-order valence-corrected chi connectivity index (χ4v) is 3.50. The fourth-order valence-electron chi connectivity index (χ4n) is 3.50. The van der Waals surface area contributed by atoms with E-state index in [9.17, 15) is 20.1 Å². The largest absolute Gasteiger partial charge is 0.506 e. The van der Waals surface area contributed by atoms with E-state index in [1.807, 2.05) is 33.8 Å². The molecule has 0 amide bonds. The summed E-state index contributed by atoms with van der Waals surface area (Å²) in [4.78, 5) is 13.2. The molecule has 3 N–H and O–H groups in total. The molecule has 0 aliphatic carbocycles. The summed E-state index contributed by atoms with van der Waals surface area (Å²) in [5, 5.41) is 31.3. The number of aromatic hydroxyl groups is 3. The van der Waals surface area contributed by atoms with Crippen LogP contribution in [-0.4, -0.2) is 20.9 Å². The molecule has 1 aliphatic rings. The SMILES string of the molecule is CC(C)=CCc1c(O)c(O)cc2c(=O)c3c(O)c4c(cc3oc12)OC(C)(C)C=C4. The van der Waals surface area contributed by atoms with Gasteiger partial charge in [-0.3, -0.25) is 4.79 Å². The number of phenolic OH excluding ortho intramolecular Hbond substituents is 3. The van der Waals surface area contributed by atoms with Gasteiger partial charge < -0.3 is 24.5 Å². The second kappa shape index (κ2) is 6.30. The van der Waals surface area contributed by atoms with Crippen LogP contribution in [0.15, 0.2) is 39.1 Å². The van der Waals surface area contributed by atoms with E-state index in [-0.39, 0.29) is 39.9 Å². The third-order valence-corrected chi connectivity index (χ3v) is 5.02. The minimum absolute atomic E-state index is 0.00228. The molecule has 29 heavy (non-hydrogen) atoms. The maximum Gasteiger partial charge on any atom is 0.204 e. The maximum absolute atomic E-state index is 13.2. The molecule has 3 aromatic rings. The summed E-state index contributed by atoms with van der Waals surface area (Å²) in [6, 6.07) is 2.74. The molecule has 0 spiro atoms. The Bertz CT molecular complexity index is 1290. The highest BCUT2D eigenvalue weighted by molar-refractivity contribution is 5.98. The van der Waals surface area contributed by atoms with Crippen LogP contribution in [-0.2, 0) is 6.42 Å². The van der Waals surface area contributed by atoms with E-state index in [2.05, 4.69) is 0 Å². The van der Waals surface area contributed by atoms with Gasteiger partial charge in [0, 0.05) is 11.6 Å². The van der Waals surface area contributed by atoms with Crippen molar-refractivity contribution in [2.75, 3.05) is 0 Å². The summed E-state index contributed by atoms with van der Waals surface area (Å²) >= 11 is 0. The molecule has 0 bridgehead atoms. The van der Waals surface area contributed by atoms with E-state index < -0.39 is 16.8 Å². The normalized spacial score (nSPS) is 14.6. The molecule has 1 aromatic heterocycles. The lowest BCUT2D eigenvalue weighted by Crippen LogP contribution is -2.27. The number of hydrogen-bond donors (Lipinski definition) is 3. The number of rotatable bonds is 2. The second-order valence-electron chi connectivity index (χ2n) is 8.07. The van der Waals surface area contributed by atoms with Crippen LogP contribution in [0.4, 0.5) is 0 Å². The van der Waals surface area contributed by atoms with E-state index >= 15 is 0 Å². The summed E-state index contributed by atoms with van der Waals surface area (Å²) < 4.78 is 11.9. The third-order valence-electron chi connectivity index (χ3n) is 5.02. The van der Waals surface area contributed by atoms with Crippen molar-refractivity contribution in [3.05, 3.63) is 51.2 Å². The lowest BCUT2D eigenvalue weighted by Gasteiger charge is -2.28. The maximum atomic E-state index is 13.2. The highest BCUT2D eigenvalue weighted by Crippen LogP contribution is 2.43. The van der Waals surface area contributed by atoms with Crippen molar-refractivity contribution in [2.45, 2.75) is 39.7 Å². The number of hydrogen-bond acceptors (Lipinski definition) is 6. The number of phenols is 3. The molecule has 0 atom stereocenters. The third kappa shape index (κ3) is 3.01. The molecule has 6 nitrogen and oxygen atoms in total. The van der Waals surface area contributed by atoms with Crippen molar-refractivity contribution >= 4 is 28.0 Å². The van der Waals surface area contributed by atoms with Crippen molar-refractivity contribution in [3.8, 4) is 23.0 Å². The van der Waals surface area contributed by atoms with E-state index in [0.29, 0.717) is 16.9 Å². The lowest BCUT2D eigenvalue weighted by atomic mass is 9.98. The van der Waals surface area contributed by atoms with Gasteiger partial charge in [0.25, 0.3) is 0 Å². The Morgan fingerprint density at radius 2 is 1.86 bits per heavy atom. The van der Waals surface area contributed by atoms with Crippen LogP contribution in [0, 0.1) is 0 Å². The number of allylic oxidation sites excluding steroid dienone is 2. The van der Waals surface area contributed by atoms with Crippen molar-refractivity contribution in [1.82, 2.24) is 0 Å². The van der Waals surface area contributed by atoms with Crippen LogP contribution in [0.5, 0.6) is 23.0 Å². The minimum Gasteiger partial charge on any atom is -0.506 e. The Hall–Kier alpha value is -3.41. The van der Waals surface area contributed by atoms with Crippen LogP contribution >= 0.6 is 0 Å². The van der Waals surface area contributed by atoms with Gasteiger partial charge >= 0.3 is 0 Å².